The molecule has 1 aliphatic carbocycles. The molecule has 22 heavy (non-hydrogen) atoms. The molecule has 0 radical (unpaired) electrons. The third-order valence-electron chi connectivity index (χ3n) is 3.49. The van der Waals surface area contributed by atoms with Crippen molar-refractivity contribution in [3.05, 3.63) is 28.3 Å². The molecular weight excluding hydrogens is 325 g/mol. The summed E-state index contributed by atoms with van der Waals surface area (Å²) in [6, 6.07) is 2.07. The highest BCUT2D eigenvalue weighted by Gasteiger charge is 2.47. The summed E-state index contributed by atoms with van der Waals surface area (Å²) in [6.07, 6.45) is 1.95. The first-order valence-electron chi connectivity index (χ1n) is 6.40. The molecule has 0 aromatic heterocycles. The van der Waals surface area contributed by atoms with Crippen molar-refractivity contribution in [3.8, 4) is 0 Å². The molecule has 0 saturated heterocycles. The highest BCUT2D eigenvalue weighted by molar-refractivity contribution is 7.92. The van der Waals surface area contributed by atoms with Gasteiger partial charge in [0.15, 0.2) is 0 Å². The molecule has 0 bridgehead atoms. The summed E-state index contributed by atoms with van der Waals surface area (Å²) >= 11 is 0. The Hall–Kier alpha value is -1.84. The maximum atomic E-state index is 12.5. The third-order valence-corrected chi connectivity index (χ3v) is 4.98. The van der Waals surface area contributed by atoms with Crippen LogP contribution in [0.15, 0.2) is 23.1 Å². The number of nitrogens with zero attached hydrogens (tertiary/aromatic N) is 1. The lowest BCUT2D eigenvalue weighted by atomic mass is 10.2. The fourth-order valence-electron chi connectivity index (χ4n) is 2.04. The number of sulfone groups is 1. The zero-order chi connectivity index (χ0) is 16.7. The predicted octanol–water partition coefficient (Wildman–Crippen LogP) is 3.10. The van der Waals surface area contributed by atoms with Crippen molar-refractivity contribution in [2.75, 3.05) is 5.32 Å². The molecule has 1 atom stereocenters. The second kappa shape index (κ2) is 5.41. The first-order chi connectivity index (χ1) is 10.0. The van der Waals surface area contributed by atoms with E-state index in [4.69, 9.17) is 0 Å². The Morgan fingerprint density at radius 2 is 1.95 bits per heavy atom. The summed E-state index contributed by atoms with van der Waals surface area (Å²) < 4.78 is 60.1. The van der Waals surface area contributed by atoms with Crippen LogP contribution in [0.2, 0.25) is 0 Å². The monoisotopic (exact) mass is 338 g/mol. The standard InChI is InChI=1S/C12H13F3N2O4S/c1-7(8-2-3-8)16-10-5-4-9(6-11(10)17(18)19)22(20,21)12(13,14)15/h4-8,16H,2-3H2,1H3/t7-/m1/s1. The molecule has 0 spiro atoms. The van der Waals surface area contributed by atoms with Gasteiger partial charge in [0.2, 0.25) is 0 Å². The summed E-state index contributed by atoms with van der Waals surface area (Å²) in [5.74, 6) is 0.359. The smallest absolute Gasteiger partial charge is 0.377 e. The van der Waals surface area contributed by atoms with Crippen molar-refractivity contribution in [1.29, 1.82) is 0 Å². The Morgan fingerprint density at radius 3 is 2.41 bits per heavy atom. The number of hydrogen-bond acceptors (Lipinski definition) is 5. The Kier molecular flexibility index (Phi) is 4.07. The molecule has 6 nitrogen and oxygen atoms in total. The highest BCUT2D eigenvalue weighted by atomic mass is 32.2. The normalized spacial score (nSPS) is 17.1. The van der Waals surface area contributed by atoms with Gasteiger partial charge in [-0.1, -0.05) is 0 Å². The first kappa shape index (κ1) is 16.5. The van der Waals surface area contributed by atoms with Gasteiger partial charge in [-0.15, -0.1) is 0 Å². The van der Waals surface area contributed by atoms with E-state index in [1.165, 1.54) is 0 Å². The lowest BCUT2D eigenvalue weighted by Crippen LogP contribution is -2.23. The van der Waals surface area contributed by atoms with E-state index >= 15 is 0 Å². The summed E-state index contributed by atoms with van der Waals surface area (Å²) in [5.41, 5.74) is -6.19. The Labute approximate surface area is 124 Å². The van der Waals surface area contributed by atoms with E-state index in [0.29, 0.717) is 12.0 Å². The van der Waals surface area contributed by atoms with E-state index in [1.807, 2.05) is 6.92 Å². The molecule has 0 amide bonds. The molecule has 0 heterocycles. The van der Waals surface area contributed by atoms with Crippen molar-refractivity contribution < 1.29 is 26.5 Å². The molecule has 0 aliphatic heterocycles. The molecule has 2 rings (SSSR count). The van der Waals surface area contributed by atoms with Crippen LogP contribution in [-0.4, -0.2) is 24.9 Å². The van der Waals surface area contributed by atoms with Crippen LogP contribution in [0.5, 0.6) is 0 Å². The van der Waals surface area contributed by atoms with Gasteiger partial charge in [0, 0.05) is 12.1 Å². The van der Waals surface area contributed by atoms with Crippen LogP contribution in [0, 0.1) is 16.0 Å². The molecule has 1 N–H and O–H groups in total. The number of nitro benzene ring substituents is 1. The Morgan fingerprint density at radius 1 is 1.36 bits per heavy atom. The van der Waals surface area contributed by atoms with Gasteiger partial charge < -0.3 is 5.32 Å². The Balaban J connectivity index is 2.41. The summed E-state index contributed by atoms with van der Waals surface area (Å²) in [6.45, 7) is 1.81. The molecule has 10 heteroatoms. The molecule has 122 valence electrons. The van der Waals surface area contributed by atoms with Gasteiger partial charge in [0.05, 0.1) is 9.82 Å². The third kappa shape index (κ3) is 3.16. The summed E-state index contributed by atoms with van der Waals surface area (Å²) in [5, 5.41) is 13.9. The van der Waals surface area contributed by atoms with Gasteiger partial charge in [0.25, 0.3) is 15.5 Å². The number of nitro groups is 1. The molecule has 1 fully saturated rings. The lowest BCUT2D eigenvalue weighted by Gasteiger charge is -2.15. The number of halogens is 3. The quantitative estimate of drug-likeness (QED) is 0.658. The van der Waals surface area contributed by atoms with E-state index in [1.54, 1.807) is 0 Å². The number of rotatable bonds is 5. The largest absolute Gasteiger partial charge is 0.501 e. The SMILES string of the molecule is C[C@@H](Nc1ccc(S(=O)(=O)C(F)(F)F)cc1[N+](=O)[O-])C1CC1. The topological polar surface area (TPSA) is 89.3 Å². The van der Waals surface area contributed by atoms with Crippen molar-refractivity contribution in [2.45, 2.75) is 36.2 Å². The maximum Gasteiger partial charge on any atom is 0.501 e. The van der Waals surface area contributed by atoms with Gasteiger partial charge in [-0.25, -0.2) is 8.42 Å². The fourth-order valence-corrected chi connectivity index (χ4v) is 2.83. The number of nitrogens with one attached hydrogen (secondary N) is 1. The van der Waals surface area contributed by atoms with E-state index < -0.39 is 30.9 Å². The van der Waals surface area contributed by atoms with Gasteiger partial charge in [-0.3, -0.25) is 10.1 Å². The molecule has 1 aliphatic rings. The highest BCUT2D eigenvalue weighted by Crippen LogP contribution is 2.38. The average molecular weight is 338 g/mol. The number of benzene rings is 1. The Bertz CT molecular complexity index is 699. The second-order valence-corrected chi connectivity index (χ2v) is 7.10. The van der Waals surface area contributed by atoms with Crippen LogP contribution >= 0.6 is 0 Å². The van der Waals surface area contributed by atoms with E-state index in [9.17, 15) is 31.7 Å². The fraction of sp³-hybridized carbons (Fsp3) is 0.500. The molecular formula is C12H13F3N2O4S. The van der Waals surface area contributed by atoms with Crippen LogP contribution in [-0.2, 0) is 9.84 Å². The number of alkyl halides is 3. The maximum absolute atomic E-state index is 12.5. The van der Waals surface area contributed by atoms with Crippen molar-refractivity contribution >= 4 is 21.2 Å². The van der Waals surface area contributed by atoms with E-state index in [-0.39, 0.29) is 11.7 Å². The van der Waals surface area contributed by atoms with Gasteiger partial charge in [-0.2, -0.15) is 13.2 Å². The van der Waals surface area contributed by atoms with Crippen molar-refractivity contribution in [2.24, 2.45) is 5.92 Å². The van der Waals surface area contributed by atoms with Crippen LogP contribution in [0.4, 0.5) is 24.5 Å². The van der Waals surface area contributed by atoms with Crippen molar-refractivity contribution in [1.82, 2.24) is 0 Å². The average Bonchev–Trinajstić information content (AvgIpc) is 3.21. The minimum absolute atomic E-state index is 0.00512. The summed E-state index contributed by atoms with van der Waals surface area (Å²) in [7, 11) is -5.61. The molecule has 1 aromatic carbocycles. The molecule has 0 unspecified atom stereocenters. The van der Waals surface area contributed by atoms with Crippen LogP contribution in [0.25, 0.3) is 0 Å². The second-order valence-electron chi connectivity index (χ2n) is 5.16. The minimum Gasteiger partial charge on any atom is -0.377 e. The van der Waals surface area contributed by atoms with Crippen LogP contribution < -0.4 is 5.32 Å². The zero-order valence-electron chi connectivity index (χ0n) is 11.4. The van der Waals surface area contributed by atoms with E-state index in [2.05, 4.69) is 5.32 Å². The van der Waals surface area contributed by atoms with Crippen LogP contribution in [0.3, 0.4) is 0 Å². The van der Waals surface area contributed by atoms with Crippen molar-refractivity contribution in [3.63, 3.8) is 0 Å². The van der Waals surface area contributed by atoms with Crippen LogP contribution in [0.1, 0.15) is 19.8 Å². The lowest BCUT2D eigenvalue weighted by molar-refractivity contribution is -0.384. The van der Waals surface area contributed by atoms with E-state index in [0.717, 1.165) is 25.0 Å². The predicted molar refractivity (Wildman–Crippen MR) is 72.1 cm³/mol. The number of anilines is 1. The van der Waals surface area contributed by atoms with Gasteiger partial charge in [0.1, 0.15) is 5.69 Å². The minimum atomic E-state index is -5.61. The number of hydrogen-bond donors (Lipinski definition) is 1. The molecule has 1 saturated carbocycles. The van der Waals surface area contributed by atoms with Gasteiger partial charge in [-0.05, 0) is 37.8 Å². The van der Waals surface area contributed by atoms with Gasteiger partial charge >= 0.3 is 5.51 Å². The molecule has 1 aromatic rings. The summed E-state index contributed by atoms with van der Waals surface area (Å²) in [4.78, 5) is 8.96. The first-order valence-corrected chi connectivity index (χ1v) is 7.88. The zero-order valence-corrected chi connectivity index (χ0v) is 12.2.